The van der Waals surface area contributed by atoms with Crippen LogP contribution in [0.1, 0.15) is 5.56 Å². The van der Waals surface area contributed by atoms with Gasteiger partial charge < -0.3 is 15.4 Å². The molecule has 0 fully saturated rings. The van der Waals surface area contributed by atoms with E-state index >= 15 is 0 Å². The molecule has 0 heterocycles. The van der Waals surface area contributed by atoms with Crippen molar-refractivity contribution in [1.82, 2.24) is 10.6 Å². The second kappa shape index (κ2) is 9.48. The van der Waals surface area contributed by atoms with Crippen molar-refractivity contribution in [3.05, 3.63) is 42.5 Å². The maximum atomic E-state index is 12.3. The number of alkyl halides is 3. The molecule has 0 aromatic heterocycles. The molecule has 0 atom stereocenters. The molecule has 0 bridgehead atoms. The van der Waals surface area contributed by atoms with Gasteiger partial charge in [0, 0.05) is 25.7 Å². The molecule has 1 aromatic carbocycles. The van der Waals surface area contributed by atoms with E-state index < -0.39 is 6.36 Å². The predicted molar refractivity (Wildman–Crippen MR) is 86.9 cm³/mol. The summed E-state index contributed by atoms with van der Waals surface area (Å²) in [7, 11) is 1.57. The minimum atomic E-state index is -4.71. The average molecular weight is 415 g/mol. The van der Waals surface area contributed by atoms with E-state index in [-0.39, 0.29) is 36.3 Å². The summed E-state index contributed by atoms with van der Waals surface area (Å²) in [5, 5.41) is 5.81. The molecule has 0 spiro atoms. The van der Waals surface area contributed by atoms with Gasteiger partial charge in [0.2, 0.25) is 0 Å². The molecule has 0 saturated heterocycles. The van der Waals surface area contributed by atoms with Gasteiger partial charge in [0.05, 0.1) is 0 Å². The number of benzene rings is 1. The van der Waals surface area contributed by atoms with Gasteiger partial charge in [-0.3, -0.25) is 4.99 Å². The van der Waals surface area contributed by atoms with Crippen molar-refractivity contribution in [2.45, 2.75) is 12.9 Å². The lowest BCUT2D eigenvalue weighted by molar-refractivity contribution is -0.274. The van der Waals surface area contributed by atoms with Crippen molar-refractivity contribution >= 4 is 29.9 Å². The molecule has 0 radical (unpaired) electrons. The lowest BCUT2D eigenvalue weighted by atomic mass is 10.2. The molecule has 4 nitrogen and oxygen atoms in total. The first-order valence-electron chi connectivity index (χ1n) is 5.85. The van der Waals surface area contributed by atoms with E-state index in [2.05, 4.69) is 26.9 Å². The molecule has 118 valence electrons. The molecule has 0 aliphatic carbocycles. The van der Waals surface area contributed by atoms with Crippen LogP contribution in [0.3, 0.4) is 0 Å². The summed E-state index contributed by atoms with van der Waals surface area (Å²) in [5.74, 6) is 0.235. The number of para-hydroxylation sites is 1. The fourth-order valence-electron chi connectivity index (χ4n) is 1.44. The van der Waals surface area contributed by atoms with Gasteiger partial charge in [-0.1, -0.05) is 24.3 Å². The Hall–Kier alpha value is -1.45. The fourth-order valence-corrected chi connectivity index (χ4v) is 1.44. The number of nitrogens with one attached hydrogen (secondary N) is 2. The van der Waals surface area contributed by atoms with Gasteiger partial charge in [0.1, 0.15) is 5.75 Å². The van der Waals surface area contributed by atoms with Crippen molar-refractivity contribution in [2.24, 2.45) is 4.99 Å². The zero-order valence-corrected chi connectivity index (χ0v) is 13.7. The van der Waals surface area contributed by atoms with E-state index in [9.17, 15) is 13.2 Å². The van der Waals surface area contributed by atoms with Crippen molar-refractivity contribution in [2.75, 3.05) is 13.6 Å². The quantitative estimate of drug-likeness (QED) is 0.337. The predicted octanol–water partition coefficient (Wildman–Crippen LogP) is 3.05. The number of ether oxygens (including phenoxy) is 1. The highest BCUT2D eigenvalue weighted by atomic mass is 127. The van der Waals surface area contributed by atoms with E-state index in [4.69, 9.17) is 0 Å². The molecule has 1 rings (SSSR count). The smallest absolute Gasteiger partial charge is 0.405 e. The van der Waals surface area contributed by atoms with Crippen molar-refractivity contribution in [1.29, 1.82) is 0 Å². The molecule has 8 heteroatoms. The first kappa shape index (κ1) is 19.6. The Morgan fingerprint density at radius 3 is 2.57 bits per heavy atom. The average Bonchev–Trinajstić information content (AvgIpc) is 2.39. The largest absolute Gasteiger partial charge is 0.573 e. The molecule has 21 heavy (non-hydrogen) atoms. The van der Waals surface area contributed by atoms with Crippen LogP contribution in [0.15, 0.2) is 41.9 Å². The summed E-state index contributed by atoms with van der Waals surface area (Å²) in [6.07, 6.45) is -3.06. The number of nitrogens with zero attached hydrogens (tertiary/aromatic N) is 1. The van der Waals surface area contributed by atoms with Crippen molar-refractivity contribution in [3.8, 4) is 5.75 Å². The summed E-state index contributed by atoms with van der Waals surface area (Å²) < 4.78 is 40.8. The van der Waals surface area contributed by atoms with Crippen LogP contribution in [0, 0.1) is 0 Å². The standard InChI is InChI=1S/C13H16F3N3O.HI/c1-3-8-18-12(17-2)19-9-10-6-4-5-7-11(10)20-13(14,15)16;/h3-7H,1,8-9H2,2H3,(H2,17,18,19);1H. The van der Waals surface area contributed by atoms with Crippen LogP contribution < -0.4 is 15.4 Å². The van der Waals surface area contributed by atoms with Crippen LogP contribution in [-0.2, 0) is 6.54 Å². The van der Waals surface area contributed by atoms with Crippen LogP contribution in [0.5, 0.6) is 5.75 Å². The highest BCUT2D eigenvalue weighted by Gasteiger charge is 2.31. The minimum absolute atomic E-state index is 0. The van der Waals surface area contributed by atoms with E-state index in [1.807, 2.05) is 0 Å². The van der Waals surface area contributed by atoms with Gasteiger partial charge in [-0.2, -0.15) is 0 Å². The SMILES string of the molecule is C=CCNC(=NC)NCc1ccccc1OC(F)(F)F.I. The second-order valence-electron chi connectivity index (χ2n) is 3.75. The molecule has 0 aliphatic heterocycles. The first-order chi connectivity index (χ1) is 9.46. The van der Waals surface area contributed by atoms with E-state index in [0.29, 0.717) is 18.1 Å². The number of halogens is 4. The molecule has 1 aromatic rings. The topological polar surface area (TPSA) is 45.7 Å². The van der Waals surface area contributed by atoms with Crippen LogP contribution >= 0.6 is 24.0 Å². The maximum Gasteiger partial charge on any atom is 0.573 e. The first-order valence-corrected chi connectivity index (χ1v) is 5.85. The summed E-state index contributed by atoms with van der Waals surface area (Å²) in [6, 6.07) is 5.94. The molecule has 0 saturated carbocycles. The Kier molecular flexibility index (Phi) is 8.83. The third-order valence-electron chi connectivity index (χ3n) is 2.28. The third-order valence-corrected chi connectivity index (χ3v) is 2.28. The number of hydrogen-bond donors (Lipinski definition) is 2. The zero-order chi connectivity index (χ0) is 15.0. The minimum Gasteiger partial charge on any atom is -0.405 e. The molecule has 0 amide bonds. The van der Waals surface area contributed by atoms with Crippen LogP contribution in [-0.4, -0.2) is 25.9 Å². The van der Waals surface area contributed by atoms with E-state index in [0.717, 1.165) is 0 Å². The Balaban J connectivity index is 0.00000400. The van der Waals surface area contributed by atoms with Gasteiger partial charge >= 0.3 is 6.36 Å². The third kappa shape index (κ3) is 7.78. The van der Waals surface area contributed by atoms with E-state index in [1.54, 1.807) is 25.3 Å². The van der Waals surface area contributed by atoms with Crippen molar-refractivity contribution < 1.29 is 17.9 Å². The molecular formula is C13H17F3IN3O. The van der Waals surface area contributed by atoms with Crippen LogP contribution in [0.25, 0.3) is 0 Å². The summed E-state index contributed by atoms with van der Waals surface area (Å²) in [6.45, 7) is 4.21. The van der Waals surface area contributed by atoms with Crippen molar-refractivity contribution in [3.63, 3.8) is 0 Å². The van der Waals surface area contributed by atoms with Crippen LogP contribution in [0.2, 0.25) is 0 Å². The fraction of sp³-hybridized carbons (Fsp3) is 0.308. The monoisotopic (exact) mass is 415 g/mol. The van der Waals surface area contributed by atoms with Gasteiger partial charge in [0.25, 0.3) is 0 Å². The Labute approximate surface area is 138 Å². The summed E-state index contributed by atoms with van der Waals surface area (Å²) >= 11 is 0. The zero-order valence-electron chi connectivity index (χ0n) is 11.4. The molecule has 0 aliphatic rings. The lowest BCUT2D eigenvalue weighted by Gasteiger charge is -2.15. The number of aliphatic imine (C=N–C) groups is 1. The number of hydrogen-bond acceptors (Lipinski definition) is 2. The van der Waals surface area contributed by atoms with Gasteiger partial charge in [-0.15, -0.1) is 43.7 Å². The Bertz CT molecular complexity index is 478. The highest BCUT2D eigenvalue weighted by molar-refractivity contribution is 14.0. The lowest BCUT2D eigenvalue weighted by Crippen LogP contribution is -2.36. The Morgan fingerprint density at radius 2 is 2.00 bits per heavy atom. The highest BCUT2D eigenvalue weighted by Crippen LogP contribution is 2.25. The van der Waals surface area contributed by atoms with Gasteiger partial charge in [-0.05, 0) is 6.07 Å². The molecular weight excluding hydrogens is 398 g/mol. The summed E-state index contributed by atoms with van der Waals surface area (Å²) in [4.78, 5) is 3.93. The van der Waals surface area contributed by atoms with E-state index in [1.165, 1.54) is 12.1 Å². The molecule has 0 unspecified atom stereocenters. The van der Waals surface area contributed by atoms with Gasteiger partial charge in [-0.25, -0.2) is 0 Å². The normalized spacial score (nSPS) is 11.3. The Morgan fingerprint density at radius 1 is 1.33 bits per heavy atom. The molecule has 2 N–H and O–H groups in total. The maximum absolute atomic E-state index is 12.3. The number of guanidine groups is 1. The number of rotatable bonds is 5. The summed E-state index contributed by atoms with van der Waals surface area (Å²) in [5.41, 5.74) is 0.381. The second-order valence-corrected chi connectivity index (χ2v) is 3.75. The van der Waals surface area contributed by atoms with Crippen LogP contribution in [0.4, 0.5) is 13.2 Å². The van der Waals surface area contributed by atoms with Gasteiger partial charge in [0.15, 0.2) is 5.96 Å².